The lowest BCUT2D eigenvalue weighted by molar-refractivity contribution is -0.214. The summed E-state index contributed by atoms with van der Waals surface area (Å²) in [5.41, 5.74) is 2.71. The van der Waals surface area contributed by atoms with E-state index in [1.54, 1.807) is 0 Å². The zero-order valence-corrected chi connectivity index (χ0v) is 12.4. The van der Waals surface area contributed by atoms with Crippen LogP contribution < -0.4 is 0 Å². The van der Waals surface area contributed by atoms with Gasteiger partial charge in [-0.1, -0.05) is 35.9 Å². The Balaban J connectivity index is 0.000000550. The molecule has 1 N–H and O–H groups in total. The van der Waals surface area contributed by atoms with Crippen molar-refractivity contribution in [2.24, 2.45) is 0 Å². The molecule has 1 heterocycles. The molecule has 0 fully saturated rings. The lowest BCUT2D eigenvalue weighted by atomic mass is 10.1. The lowest BCUT2D eigenvalue weighted by Crippen LogP contribution is -1.83. The van der Waals surface area contributed by atoms with Crippen molar-refractivity contribution in [2.75, 3.05) is 7.11 Å². The molecule has 3 heteroatoms. The molecule has 19 heavy (non-hydrogen) atoms. The molecule has 0 saturated heterocycles. The molecule has 0 unspecified atom stereocenters. The van der Waals surface area contributed by atoms with E-state index < -0.39 is 0 Å². The van der Waals surface area contributed by atoms with Gasteiger partial charge in [-0.05, 0) is 37.6 Å². The number of allylic oxidation sites excluding steroid dienone is 1. The second kappa shape index (κ2) is 8.64. The van der Waals surface area contributed by atoms with Crippen LogP contribution in [0.15, 0.2) is 42.5 Å². The van der Waals surface area contributed by atoms with Gasteiger partial charge in [0.25, 0.3) is 0 Å². The molecule has 0 atom stereocenters. The van der Waals surface area contributed by atoms with Gasteiger partial charge in [0.05, 0.1) is 7.11 Å². The van der Waals surface area contributed by atoms with Crippen molar-refractivity contribution >= 4 is 17.4 Å². The molecule has 1 aromatic carbocycles. The third kappa shape index (κ3) is 5.83. The van der Waals surface area contributed by atoms with Crippen LogP contribution in [0.4, 0.5) is 0 Å². The number of thiophene rings is 1. The predicted molar refractivity (Wildman–Crippen MR) is 82.6 cm³/mol. The Morgan fingerprint density at radius 1 is 1.16 bits per heavy atom. The van der Waals surface area contributed by atoms with E-state index in [-0.39, 0.29) is 0 Å². The summed E-state index contributed by atoms with van der Waals surface area (Å²) in [6.07, 6.45) is 5.29. The van der Waals surface area contributed by atoms with Crippen molar-refractivity contribution in [3.63, 3.8) is 0 Å². The zero-order valence-electron chi connectivity index (χ0n) is 11.6. The summed E-state index contributed by atoms with van der Waals surface area (Å²) in [6.45, 7) is 4.18. The molecule has 1 aromatic heterocycles. The minimum Gasteiger partial charge on any atom is -0.252 e. The molecule has 0 amide bonds. The van der Waals surface area contributed by atoms with Crippen molar-refractivity contribution in [3.05, 3.63) is 63.4 Å². The van der Waals surface area contributed by atoms with Gasteiger partial charge in [0, 0.05) is 16.2 Å². The number of aryl methyl sites for hydroxylation is 1. The van der Waals surface area contributed by atoms with Gasteiger partial charge in [-0.15, -0.1) is 11.3 Å². The van der Waals surface area contributed by atoms with Gasteiger partial charge in [-0.3, -0.25) is 5.26 Å². The molecular weight excluding hydrogens is 256 g/mol. The molecule has 2 nitrogen and oxygen atoms in total. The highest BCUT2D eigenvalue weighted by Crippen LogP contribution is 2.21. The summed E-state index contributed by atoms with van der Waals surface area (Å²) in [6, 6.07) is 13.2. The lowest BCUT2D eigenvalue weighted by Gasteiger charge is -1.99. The highest BCUT2D eigenvalue weighted by Gasteiger charge is 1.99. The molecule has 0 saturated carbocycles. The predicted octanol–water partition coefficient (Wildman–Crippen LogP) is 4.79. The van der Waals surface area contributed by atoms with Crippen molar-refractivity contribution in [2.45, 2.75) is 20.3 Å². The van der Waals surface area contributed by atoms with Gasteiger partial charge in [-0.2, -0.15) is 0 Å². The third-order valence-electron chi connectivity index (χ3n) is 2.51. The van der Waals surface area contributed by atoms with Gasteiger partial charge in [0.1, 0.15) is 0 Å². The second-order valence-corrected chi connectivity index (χ2v) is 5.35. The number of hydrogen-bond donors (Lipinski definition) is 1. The van der Waals surface area contributed by atoms with E-state index in [9.17, 15) is 0 Å². The Bertz CT molecular complexity index is 498. The van der Waals surface area contributed by atoms with E-state index in [0.29, 0.717) is 0 Å². The summed E-state index contributed by atoms with van der Waals surface area (Å²) < 4.78 is 0. The average Bonchev–Trinajstić information content (AvgIpc) is 2.81. The van der Waals surface area contributed by atoms with Crippen LogP contribution in [0.5, 0.6) is 0 Å². The van der Waals surface area contributed by atoms with Crippen molar-refractivity contribution in [1.29, 1.82) is 0 Å². The molecule has 2 aromatic rings. The molecule has 0 aliphatic heterocycles. The van der Waals surface area contributed by atoms with E-state index >= 15 is 0 Å². The first-order chi connectivity index (χ1) is 9.19. The molecule has 0 aliphatic rings. The van der Waals surface area contributed by atoms with Crippen LogP contribution in [-0.2, 0) is 11.3 Å². The van der Waals surface area contributed by atoms with E-state index in [0.717, 1.165) is 6.42 Å². The van der Waals surface area contributed by atoms with Crippen LogP contribution in [0, 0.1) is 6.92 Å². The first-order valence-electron chi connectivity index (χ1n) is 6.14. The highest BCUT2D eigenvalue weighted by molar-refractivity contribution is 7.12. The normalized spacial score (nSPS) is 10.3. The molecule has 102 valence electrons. The fraction of sp³-hybridized carbons (Fsp3) is 0.250. The Labute approximate surface area is 118 Å². The smallest absolute Gasteiger partial charge is 0.0710 e. The Morgan fingerprint density at radius 2 is 1.79 bits per heavy atom. The van der Waals surface area contributed by atoms with Crippen molar-refractivity contribution in [1.82, 2.24) is 0 Å². The van der Waals surface area contributed by atoms with E-state index in [4.69, 9.17) is 5.26 Å². The molecule has 0 aliphatic carbocycles. The number of hydrogen-bond acceptors (Lipinski definition) is 3. The first-order valence-corrected chi connectivity index (χ1v) is 6.95. The molecule has 0 radical (unpaired) electrons. The summed E-state index contributed by atoms with van der Waals surface area (Å²) in [5, 5.41) is 7.07. The van der Waals surface area contributed by atoms with Gasteiger partial charge >= 0.3 is 0 Å². The summed E-state index contributed by atoms with van der Waals surface area (Å²) in [4.78, 5) is 6.02. The quantitative estimate of drug-likeness (QED) is 0.645. The van der Waals surface area contributed by atoms with Crippen LogP contribution in [-0.4, -0.2) is 12.4 Å². The van der Waals surface area contributed by atoms with Gasteiger partial charge in [-0.25, -0.2) is 4.89 Å². The summed E-state index contributed by atoms with van der Waals surface area (Å²) >= 11 is 1.87. The maximum Gasteiger partial charge on any atom is 0.0710 e. The van der Waals surface area contributed by atoms with Crippen molar-refractivity contribution < 1.29 is 10.1 Å². The van der Waals surface area contributed by atoms with Gasteiger partial charge in [0.2, 0.25) is 0 Å². The molecule has 2 rings (SSSR count). The Hall–Kier alpha value is -1.42. The van der Waals surface area contributed by atoms with Crippen LogP contribution >= 0.6 is 11.3 Å². The number of rotatable bonds is 3. The van der Waals surface area contributed by atoms with Gasteiger partial charge in [0.15, 0.2) is 0 Å². The Kier molecular flexibility index (Phi) is 7.11. The molecule has 0 spiro atoms. The third-order valence-corrected chi connectivity index (χ3v) is 3.56. The minimum atomic E-state index is 1.04. The standard InChI is InChI=1S/C15H16S.CH4O2/c1-3-4-14-9-10-15(16-14)11-13-7-5-12(2)6-8-13;1-3-2/h3-10H,11H2,1-2H3;2H,1H3/b4-3+;. The van der Waals surface area contributed by atoms with Crippen LogP contribution in [0.25, 0.3) is 6.08 Å². The van der Waals surface area contributed by atoms with E-state index in [2.05, 4.69) is 67.3 Å². The van der Waals surface area contributed by atoms with Crippen LogP contribution in [0.2, 0.25) is 0 Å². The first kappa shape index (κ1) is 15.6. The highest BCUT2D eigenvalue weighted by atomic mass is 32.1. The average molecular weight is 276 g/mol. The fourth-order valence-electron chi connectivity index (χ4n) is 1.65. The SMILES string of the molecule is C/C=C/c1ccc(Cc2ccc(C)cc2)s1.COO. The summed E-state index contributed by atoms with van der Waals surface area (Å²) in [5.74, 6) is 0. The van der Waals surface area contributed by atoms with E-state index in [1.165, 1.54) is 28.0 Å². The summed E-state index contributed by atoms with van der Waals surface area (Å²) in [7, 11) is 1.18. The number of benzene rings is 1. The van der Waals surface area contributed by atoms with Crippen LogP contribution in [0.3, 0.4) is 0 Å². The fourth-order valence-corrected chi connectivity index (χ4v) is 2.67. The molecular formula is C16H20O2S. The van der Waals surface area contributed by atoms with Gasteiger partial charge < -0.3 is 0 Å². The topological polar surface area (TPSA) is 29.5 Å². The molecule has 0 bridgehead atoms. The Morgan fingerprint density at radius 3 is 2.37 bits per heavy atom. The zero-order chi connectivity index (χ0) is 14.1. The van der Waals surface area contributed by atoms with E-state index in [1.807, 2.05) is 11.3 Å². The van der Waals surface area contributed by atoms with Crippen LogP contribution in [0.1, 0.15) is 27.8 Å². The maximum absolute atomic E-state index is 7.07. The second-order valence-electron chi connectivity index (χ2n) is 4.15. The monoisotopic (exact) mass is 276 g/mol. The minimum absolute atomic E-state index is 1.04. The van der Waals surface area contributed by atoms with Crippen molar-refractivity contribution in [3.8, 4) is 0 Å². The maximum atomic E-state index is 7.07. The largest absolute Gasteiger partial charge is 0.252 e.